The maximum Gasteiger partial charge on any atom is 0.168 e. The third kappa shape index (κ3) is 2.79. The number of hydrogen-bond donors (Lipinski definition) is 2. The van der Waals surface area contributed by atoms with Crippen LogP contribution in [0.5, 0.6) is 23.0 Å². The highest BCUT2D eigenvalue weighted by molar-refractivity contribution is 5.84. The second-order valence-electron chi connectivity index (χ2n) is 4.51. The summed E-state index contributed by atoms with van der Waals surface area (Å²) in [6, 6.07) is 10.6. The van der Waals surface area contributed by atoms with Crippen molar-refractivity contribution in [3.63, 3.8) is 0 Å². The van der Waals surface area contributed by atoms with Crippen molar-refractivity contribution in [1.82, 2.24) is 0 Å². The number of ether oxygens (including phenoxy) is 3. The molecule has 5 heteroatoms. The molecule has 22 heavy (non-hydrogen) atoms. The van der Waals surface area contributed by atoms with Gasteiger partial charge in [0.25, 0.3) is 0 Å². The van der Waals surface area contributed by atoms with E-state index in [0.717, 1.165) is 16.7 Å². The summed E-state index contributed by atoms with van der Waals surface area (Å²) in [4.78, 5) is 0. The summed E-state index contributed by atoms with van der Waals surface area (Å²) in [6.07, 6.45) is 1.49. The SMILES string of the molecule is COc1cc(C(=CN)c2cccc(OC)c2OC)ccc1O. The molecule has 0 spiro atoms. The lowest BCUT2D eigenvalue weighted by molar-refractivity contribution is 0.354. The minimum Gasteiger partial charge on any atom is -0.504 e. The minimum atomic E-state index is 0.0697. The van der Waals surface area contributed by atoms with Gasteiger partial charge in [-0.3, -0.25) is 0 Å². The molecule has 0 saturated heterocycles. The number of aromatic hydroxyl groups is 1. The number of nitrogens with two attached hydrogens (primary N) is 1. The quantitative estimate of drug-likeness (QED) is 0.888. The molecule has 0 saturated carbocycles. The Labute approximate surface area is 129 Å². The standard InChI is InChI=1S/C17H19NO4/c1-20-15-6-4-5-12(17(15)22-3)13(10-18)11-7-8-14(19)16(9-11)21-2/h4-10,19H,18H2,1-3H3. The van der Waals surface area contributed by atoms with Gasteiger partial charge < -0.3 is 25.1 Å². The highest BCUT2D eigenvalue weighted by Crippen LogP contribution is 2.39. The Morgan fingerprint density at radius 2 is 1.73 bits per heavy atom. The van der Waals surface area contributed by atoms with Crippen molar-refractivity contribution in [3.8, 4) is 23.0 Å². The molecule has 2 aromatic carbocycles. The van der Waals surface area contributed by atoms with Crippen LogP contribution in [0.1, 0.15) is 11.1 Å². The van der Waals surface area contributed by atoms with E-state index >= 15 is 0 Å². The van der Waals surface area contributed by atoms with Gasteiger partial charge in [0, 0.05) is 17.3 Å². The highest BCUT2D eigenvalue weighted by atomic mass is 16.5. The fourth-order valence-electron chi connectivity index (χ4n) is 2.29. The van der Waals surface area contributed by atoms with Gasteiger partial charge >= 0.3 is 0 Å². The Bertz CT molecular complexity index is 695. The topological polar surface area (TPSA) is 73.9 Å². The molecule has 0 fully saturated rings. The summed E-state index contributed by atoms with van der Waals surface area (Å²) in [5.74, 6) is 1.65. The van der Waals surface area contributed by atoms with Crippen LogP contribution in [0, 0.1) is 0 Å². The average molecular weight is 301 g/mol. The summed E-state index contributed by atoms with van der Waals surface area (Å²) in [7, 11) is 4.65. The molecular formula is C17H19NO4. The third-order valence-corrected chi connectivity index (χ3v) is 3.35. The first kappa shape index (κ1) is 15.6. The van der Waals surface area contributed by atoms with Crippen molar-refractivity contribution in [2.45, 2.75) is 0 Å². The largest absolute Gasteiger partial charge is 0.504 e. The second-order valence-corrected chi connectivity index (χ2v) is 4.51. The molecule has 0 amide bonds. The van der Waals surface area contributed by atoms with Crippen LogP contribution in [0.3, 0.4) is 0 Å². The zero-order valence-corrected chi connectivity index (χ0v) is 12.8. The summed E-state index contributed by atoms with van der Waals surface area (Å²) in [5, 5.41) is 9.72. The Hall–Kier alpha value is -2.82. The van der Waals surface area contributed by atoms with Gasteiger partial charge in [0.15, 0.2) is 23.0 Å². The number of hydrogen-bond acceptors (Lipinski definition) is 5. The van der Waals surface area contributed by atoms with E-state index in [9.17, 15) is 5.11 Å². The second kappa shape index (κ2) is 6.76. The average Bonchev–Trinajstić information content (AvgIpc) is 2.56. The number of phenols is 1. The molecule has 0 aliphatic rings. The molecule has 0 heterocycles. The Morgan fingerprint density at radius 1 is 1.00 bits per heavy atom. The molecule has 0 atom stereocenters. The van der Waals surface area contributed by atoms with Crippen molar-refractivity contribution in [2.24, 2.45) is 5.73 Å². The molecule has 0 aromatic heterocycles. The zero-order valence-electron chi connectivity index (χ0n) is 12.8. The van der Waals surface area contributed by atoms with Crippen LogP contribution in [-0.4, -0.2) is 26.4 Å². The van der Waals surface area contributed by atoms with E-state index in [4.69, 9.17) is 19.9 Å². The van der Waals surface area contributed by atoms with E-state index < -0.39 is 0 Å². The van der Waals surface area contributed by atoms with E-state index in [1.165, 1.54) is 13.3 Å². The molecule has 0 bridgehead atoms. The molecular weight excluding hydrogens is 282 g/mol. The number of methoxy groups -OCH3 is 3. The molecule has 116 valence electrons. The van der Waals surface area contributed by atoms with E-state index in [1.54, 1.807) is 32.4 Å². The van der Waals surface area contributed by atoms with E-state index in [-0.39, 0.29) is 5.75 Å². The molecule has 2 aromatic rings. The van der Waals surface area contributed by atoms with Crippen LogP contribution in [0.4, 0.5) is 0 Å². The van der Waals surface area contributed by atoms with Crippen LogP contribution in [-0.2, 0) is 0 Å². The molecule has 0 aliphatic heterocycles. The van der Waals surface area contributed by atoms with Gasteiger partial charge in [-0.15, -0.1) is 0 Å². The monoisotopic (exact) mass is 301 g/mol. The fourth-order valence-corrected chi connectivity index (χ4v) is 2.29. The van der Waals surface area contributed by atoms with Crippen molar-refractivity contribution >= 4 is 5.57 Å². The number of benzene rings is 2. The normalized spacial score (nSPS) is 11.1. The predicted molar refractivity (Wildman–Crippen MR) is 85.5 cm³/mol. The number of phenolic OH excluding ortho intramolecular Hbond substituents is 1. The first-order chi connectivity index (χ1) is 10.7. The minimum absolute atomic E-state index is 0.0697. The van der Waals surface area contributed by atoms with Gasteiger partial charge in [-0.25, -0.2) is 0 Å². The van der Waals surface area contributed by atoms with Gasteiger partial charge in [0.1, 0.15) is 0 Å². The van der Waals surface area contributed by atoms with Gasteiger partial charge in [0.2, 0.25) is 0 Å². The van der Waals surface area contributed by atoms with E-state index in [1.807, 2.05) is 18.2 Å². The lowest BCUT2D eigenvalue weighted by atomic mass is 9.97. The molecule has 0 radical (unpaired) electrons. The van der Waals surface area contributed by atoms with Gasteiger partial charge in [0.05, 0.1) is 21.3 Å². The van der Waals surface area contributed by atoms with Gasteiger partial charge in [-0.05, 0) is 23.8 Å². The lowest BCUT2D eigenvalue weighted by Crippen LogP contribution is -1.99. The Balaban J connectivity index is 2.59. The summed E-state index contributed by atoms with van der Waals surface area (Å²) in [6.45, 7) is 0. The molecule has 2 rings (SSSR count). The lowest BCUT2D eigenvalue weighted by Gasteiger charge is -2.16. The Kier molecular flexibility index (Phi) is 4.78. The van der Waals surface area contributed by atoms with Crippen molar-refractivity contribution in [3.05, 3.63) is 53.7 Å². The smallest absolute Gasteiger partial charge is 0.168 e. The highest BCUT2D eigenvalue weighted by Gasteiger charge is 2.16. The molecule has 5 nitrogen and oxygen atoms in total. The first-order valence-corrected chi connectivity index (χ1v) is 6.66. The fraction of sp³-hybridized carbons (Fsp3) is 0.176. The first-order valence-electron chi connectivity index (χ1n) is 6.66. The Morgan fingerprint density at radius 3 is 2.32 bits per heavy atom. The zero-order chi connectivity index (χ0) is 16.1. The summed E-state index contributed by atoms with van der Waals surface area (Å²) >= 11 is 0. The van der Waals surface area contributed by atoms with Crippen LogP contribution < -0.4 is 19.9 Å². The predicted octanol–water partition coefficient (Wildman–Crippen LogP) is 2.77. The van der Waals surface area contributed by atoms with Gasteiger partial charge in [-0.2, -0.15) is 0 Å². The molecule has 3 N–H and O–H groups in total. The van der Waals surface area contributed by atoms with Crippen LogP contribution in [0.15, 0.2) is 42.6 Å². The maximum absolute atomic E-state index is 9.72. The third-order valence-electron chi connectivity index (χ3n) is 3.35. The number of para-hydroxylation sites is 1. The maximum atomic E-state index is 9.72. The summed E-state index contributed by atoms with van der Waals surface area (Å²) < 4.78 is 15.9. The van der Waals surface area contributed by atoms with Crippen LogP contribution in [0.2, 0.25) is 0 Å². The molecule has 0 unspecified atom stereocenters. The molecule has 0 aliphatic carbocycles. The van der Waals surface area contributed by atoms with E-state index in [2.05, 4.69) is 0 Å². The number of rotatable bonds is 5. The van der Waals surface area contributed by atoms with Crippen molar-refractivity contribution < 1.29 is 19.3 Å². The van der Waals surface area contributed by atoms with Crippen molar-refractivity contribution in [2.75, 3.05) is 21.3 Å². The van der Waals surface area contributed by atoms with E-state index in [0.29, 0.717) is 17.2 Å². The van der Waals surface area contributed by atoms with Crippen LogP contribution >= 0.6 is 0 Å². The van der Waals surface area contributed by atoms with Crippen LogP contribution in [0.25, 0.3) is 5.57 Å². The van der Waals surface area contributed by atoms with Gasteiger partial charge in [-0.1, -0.05) is 18.2 Å². The summed E-state index contributed by atoms with van der Waals surface area (Å²) in [5.41, 5.74) is 8.15. The van der Waals surface area contributed by atoms with Crippen molar-refractivity contribution in [1.29, 1.82) is 0 Å².